The molecule has 0 fully saturated rings. The predicted octanol–water partition coefficient (Wildman–Crippen LogP) is -5.72. The molecule has 0 rings (SSSR count). The zero-order chi connectivity index (χ0) is 10.6. The van der Waals surface area contributed by atoms with Gasteiger partial charge < -0.3 is 25.2 Å². The van der Waals surface area contributed by atoms with Crippen molar-refractivity contribution in [3.63, 3.8) is 0 Å². The molecule has 0 aliphatic rings. The molecular weight excluding hydrogens is 223 g/mol. The third-order valence-electron chi connectivity index (χ3n) is 1.34. The number of aliphatic hydroxyl groups is 1. The van der Waals surface area contributed by atoms with Crippen molar-refractivity contribution in [2.75, 3.05) is 0 Å². The van der Waals surface area contributed by atoms with Gasteiger partial charge in [-0.3, -0.25) is 4.79 Å². The first kappa shape index (κ1) is 16.4. The number of rotatable bonds is 5. The van der Waals surface area contributed by atoms with Gasteiger partial charge in [0.25, 0.3) is 0 Å². The SMILES string of the molecule is O=C([O-])C[C@H](C(=O)O)[C@@H](O)C(=O)O.[K+]. The average Bonchev–Trinajstić information content (AvgIpc) is 1.97. The second-order valence-corrected chi connectivity index (χ2v) is 2.30. The molecule has 0 unspecified atom stereocenters. The molecule has 3 N–H and O–H groups in total. The smallest absolute Gasteiger partial charge is 0.550 e. The molecular formula is C6H7KO7. The Hall–Kier alpha value is 0.00636. The maximum atomic E-state index is 10.3. The van der Waals surface area contributed by atoms with E-state index in [9.17, 15) is 19.5 Å². The third kappa shape index (κ3) is 5.68. The van der Waals surface area contributed by atoms with Gasteiger partial charge in [-0.15, -0.1) is 0 Å². The number of hydrogen-bond acceptors (Lipinski definition) is 5. The van der Waals surface area contributed by atoms with Gasteiger partial charge in [0.05, 0.1) is 5.92 Å². The van der Waals surface area contributed by atoms with Gasteiger partial charge in [-0.1, -0.05) is 0 Å². The average molecular weight is 230 g/mol. The van der Waals surface area contributed by atoms with Crippen LogP contribution in [0.25, 0.3) is 0 Å². The molecule has 0 heterocycles. The monoisotopic (exact) mass is 230 g/mol. The van der Waals surface area contributed by atoms with Crippen molar-refractivity contribution in [1.82, 2.24) is 0 Å². The van der Waals surface area contributed by atoms with Gasteiger partial charge in [0.2, 0.25) is 0 Å². The van der Waals surface area contributed by atoms with Crippen molar-refractivity contribution in [2.24, 2.45) is 5.92 Å². The van der Waals surface area contributed by atoms with Crippen molar-refractivity contribution < 1.29 is 86.2 Å². The van der Waals surface area contributed by atoms with Crippen LogP contribution in [0.2, 0.25) is 0 Å². The molecule has 14 heavy (non-hydrogen) atoms. The van der Waals surface area contributed by atoms with Crippen LogP contribution < -0.4 is 56.5 Å². The van der Waals surface area contributed by atoms with E-state index in [1.807, 2.05) is 0 Å². The Kier molecular flexibility index (Phi) is 8.59. The van der Waals surface area contributed by atoms with Crippen LogP contribution in [0.4, 0.5) is 0 Å². The van der Waals surface area contributed by atoms with Gasteiger partial charge in [-0.25, -0.2) is 4.79 Å². The predicted molar refractivity (Wildman–Crippen MR) is 34.4 cm³/mol. The maximum absolute atomic E-state index is 10.3. The number of carbonyl (C=O) groups is 3. The summed E-state index contributed by atoms with van der Waals surface area (Å²) >= 11 is 0. The van der Waals surface area contributed by atoms with Crippen molar-refractivity contribution in [2.45, 2.75) is 12.5 Å². The van der Waals surface area contributed by atoms with Crippen LogP contribution in [0, 0.1) is 5.92 Å². The molecule has 0 amide bonds. The Balaban J connectivity index is 0. The molecule has 8 heteroatoms. The molecule has 0 spiro atoms. The van der Waals surface area contributed by atoms with E-state index in [0.717, 1.165) is 0 Å². The van der Waals surface area contributed by atoms with Gasteiger partial charge in [0.1, 0.15) is 0 Å². The molecule has 0 aromatic carbocycles. The number of aliphatic hydroxyl groups excluding tert-OH is 1. The molecule has 2 atom stereocenters. The molecule has 0 saturated carbocycles. The Morgan fingerprint density at radius 1 is 1.14 bits per heavy atom. The van der Waals surface area contributed by atoms with E-state index in [1.165, 1.54) is 0 Å². The summed E-state index contributed by atoms with van der Waals surface area (Å²) in [5.41, 5.74) is 0. The van der Waals surface area contributed by atoms with Gasteiger partial charge in [-0.2, -0.15) is 0 Å². The summed E-state index contributed by atoms with van der Waals surface area (Å²) in [6, 6.07) is 0. The topological polar surface area (TPSA) is 135 Å². The minimum atomic E-state index is -2.24. The van der Waals surface area contributed by atoms with Crippen LogP contribution in [-0.2, 0) is 14.4 Å². The number of carbonyl (C=O) groups excluding carboxylic acids is 1. The minimum absolute atomic E-state index is 0. The second kappa shape index (κ2) is 7.32. The standard InChI is InChI=1S/C6H8O7.K/c7-3(8)1-2(5(10)11)4(9)6(12)13;/h2,4,9H,1H2,(H,7,8)(H,10,11)(H,12,13);/q;+1/p-1/t2-,4+;/m0./s1. The molecule has 0 aromatic rings. The molecule has 74 valence electrons. The Bertz CT molecular complexity index is 238. The van der Waals surface area contributed by atoms with Crippen LogP contribution in [0.3, 0.4) is 0 Å². The number of hydrogen-bond donors (Lipinski definition) is 3. The van der Waals surface area contributed by atoms with E-state index in [-0.39, 0.29) is 51.4 Å². The molecule has 0 radical (unpaired) electrons. The Morgan fingerprint density at radius 2 is 1.57 bits per heavy atom. The summed E-state index contributed by atoms with van der Waals surface area (Å²) in [5.74, 6) is -7.09. The van der Waals surface area contributed by atoms with Crippen molar-refractivity contribution in [3.8, 4) is 0 Å². The maximum Gasteiger partial charge on any atom is 1.00 e. The molecule has 0 aliphatic carbocycles. The van der Waals surface area contributed by atoms with E-state index < -0.39 is 36.4 Å². The van der Waals surface area contributed by atoms with Crippen LogP contribution in [-0.4, -0.2) is 39.3 Å². The van der Waals surface area contributed by atoms with E-state index >= 15 is 0 Å². The number of carboxylic acids is 3. The van der Waals surface area contributed by atoms with Crippen LogP contribution in [0.1, 0.15) is 6.42 Å². The number of aliphatic carboxylic acids is 3. The summed E-state index contributed by atoms with van der Waals surface area (Å²) in [4.78, 5) is 30.3. The first-order valence-corrected chi connectivity index (χ1v) is 3.19. The molecule has 0 aromatic heterocycles. The summed E-state index contributed by atoms with van der Waals surface area (Å²) < 4.78 is 0. The van der Waals surface area contributed by atoms with Crippen molar-refractivity contribution in [3.05, 3.63) is 0 Å². The summed E-state index contributed by atoms with van der Waals surface area (Å²) in [6.45, 7) is 0. The van der Waals surface area contributed by atoms with Gasteiger partial charge in [0.15, 0.2) is 6.10 Å². The van der Waals surface area contributed by atoms with Crippen molar-refractivity contribution >= 4 is 17.9 Å². The largest absolute Gasteiger partial charge is 1.00 e. The van der Waals surface area contributed by atoms with E-state index in [4.69, 9.17) is 15.3 Å². The Labute approximate surface area is 121 Å². The summed E-state index contributed by atoms with van der Waals surface area (Å²) in [6.07, 6.45) is -3.28. The summed E-state index contributed by atoms with van der Waals surface area (Å²) in [7, 11) is 0. The second-order valence-electron chi connectivity index (χ2n) is 2.30. The molecule has 0 bridgehead atoms. The summed E-state index contributed by atoms with van der Waals surface area (Å²) in [5, 5.41) is 35.2. The zero-order valence-electron chi connectivity index (χ0n) is 7.34. The first-order chi connectivity index (χ1) is 5.86. The van der Waals surface area contributed by atoms with Crippen LogP contribution >= 0.6 is 0 Å². The third-order valence-corrected chi connectivity index (χ3v) is 1.34. The fourth-order valence-corrected chi connectivity index (χ4v) is 0.686. The van der Waals surface area contributed by atoms with Crippen molar-refractivity contribution in [1.29, 1.82) is 0 Å². The minimum Gasteiger partial charge on any atom is -0.550 e. The number of carboxylic acid groups (broad SMARTS) is 3. The van der Waals surface area contributed by atoms with E-state index in [1.54, 1.807) is 0 Å². The van der Waals surface area contributed by atoms with Crippen LogP contribution in [0.15, 0.2) is 0 Å². The van der Waals surface area contributed by atoms with Gasteiger partial charge >= 0.3 is 63.3 Å². The quantitative estimate of drug-likeness (QED) is 0.400. The molecule has 0 saturated heterocycles. The van der Waals surface area contributed by atoms with Gasteiger partial charge in [0, 0.05) is 12.4 Å². The fourth-order valence-electron chi connectivity index (χ4n) is 0.686. The zero-order valence-corrected chi connectivity index (χ0v) is 10.5. The Morgan fingerprint density at radius 3 is 1.79 bits per heavy atom. The molecule has 0 aliphatic heterocycles. The fraction of sp³-hybridized carbons (Fsp3) is 0.500. The van der Waals surface area contributed by atoms with Crippen LogP contribution in [0.5, 0.6) is 0 Å². The first-order valence-electron chi connectivity index (χ1n) is 3.19. The van der Waals surface area contributed by atoms with E-state index in [2.05, 4.69) is 0 Å². The van der Waals surface area contributed by atoms with E-state index in [0.29, 0.717) is 0 Å². The normalized spacial score (nSPS) is 13.5. The molecule has 7 nitrogen and oxygen atoms in total. The van der Waals surface area contributed by atoms with Gasteiger partial charge in [-0.05, 0) is 0 Å².